The molecule has 0 bridgehead atoms. The van der Waals surface area contributed by atoms with Crippen molar-refractivity contribution in [2.24, 2.45) is 11.8 Å². The SMILES string of the molecule is Cc1cccnc1C(=O)N1CCC([C@@H]2CCN(CCc3ccccc3)C2)CC1. The van der Waals surface area contributed by atoms with Crippen LogP contribution in [0.1, 0.15) is 40.9 Å². The van der Waals surface area contributed by atoms with E-state index >= 15 is 0 Å². The van der Waals surface area contributed by atoms with Gasteiger partial charge in [0.05, 0.1) is 0 Å². The normalized spacial score (nSPS) is 21.2. The van der Waals surface area contributed by atoms with Gasteiger partial charge in [0, 0.05) is 32.4 Å². The number of hydrogen-bond acceptors (Lipinski definition) is 3. The largest absolute Gasteiger partial charge is 0.337 e. The van der Waals surface area contributed by atoms with E-state index in [1.54, 1.807) is 6.20 Å². The van der Waals surface area contributed by atoms with Gasteiger partial charge in [-0.25, -0.2) is 0 Å². The van der Waals surface area contributed by atoms with Crippen molar-refractivity contribution in [3.05, 3.63) is 65.5 Å². The smallest absolute Gasteiger partial charge is 0.272 e. The van der Waals surface area contributed by atoms with Crippen LogP contribution in [0.25, 0.3) is 0 Å². The zero-order valence-corrected chi connectivity index (χ0v) is 16.9. The molecule has 0 unspecified atom stereocenters. The van der Waals surface area contributed by atoms with Crippen LogP contribution in [0.4, 0.5) is 0 Å². The van der Waals surface area contributed by atoms with Crippen LogP contribution in [-0.2, 0) is 6.42 Å². The van der Waals surface area contributed by atoms with Crippen molar-refractivity contribution in [1.29, 1.82) is 0 Å². The topological polar surface area (TPSA) is 36.4 Å². The zero-order valence-electron chi connectivity index (χ0n) is 16.9. The third-order valence-electron chi connectivity index (χ3n) is 6.57. The van der Waals surface area contributed by atoms with Crippen molar-refractivity contribution in [2.45, 2.75) is 32.6 Å². The maximum atomic E-state index is 12.8. The Morgan fingerprint density at radius 1 is 1.00 bits per heavy atom. The van der Waals surface area contributed by atoms with Crippen LogP contribution in [0.15, 0.2) is 48.7 Å². The van der Waals surface area contributed by atoms with E-state index in [1.807, 2.05) is 24.0 Å². The monoisotopic (exact) mass is 377 g/mol. The number of aromatic nitrogens is 1. The van der Waals surface area contributed by atoms with Crippen molar-refractivity contribution < 1.29 is 4.79 Å². The summed E-state index contributed by atoms with van der Waals surface area (Å²) < 4.78 is 0. The molecular weight excluding hydrogens is 346 g/mol. The Hall–Kier alpha value is -2.20. The van der Waals surface area contributed by atoms with Gasteiger partial charge in [0.2, 0.25) is 0 Å². The molecule has 4 nitrogen and oxygen atoms in total. The fraction of sp³-hybridized carbons (Fsp3) is 0.500. The fourth-order valence-corrected chi connectivity index (χ4v) is 4.82. The predicted molar refractivity (Wildman–Crippen MR) is 112 cm³/mol. The Bertz CT molecular complexity index is 783. The molecule has 2 fully saturated rings. The van der Waals surface area contributed by atoms with Gasteiger partial charge in [-0.15, -0.1) is 0 Å². The molecule has 148 valence electrons. The van der Waals surface area contributed by atoms with Crippen molar-refractivity contribution in [1.82, 2.24) is 14.8 Å². The molecule has 1 amide bonds. The first-order chi connectivity index (χ1) is 13.7. The van der Waals surface area contributed by atoms with Gasteiger partial charge in [0.15, 0.2) is 0 Å². The minimum absolute atomic E-state index is 0.104. The first-order valence-corrected chi connectivity index (χ1v) is 10.7. The molecule has 3 heterocycles. The second-order valence-electron chi connectivity index (χ2n) is 8.38. The van der Waals surface area contributed by atoms with E-state index in [9.17, 15) is 4.79 Å². The summed E-state index contributed by atoms with van der Waals surface area (Å²) in [6.07, 6.45) is 6.44. The summed E-state index contributed by atoms with van der Waals surface area (Å²) >= 11 is 0. The van der Waals surface area contributed by atoms with E-state index in [-0.39, 0.29) is 5.91 Å². The van der Waals surface area contributed by atoms with E-state index in [4.69, 9.17) is 0 Å². The Kier molecular flexibility index (Phi) is 6.06. The molecule has 2 aromatic rings. The highest BCUT2D eigenvalue weighted by atomic mass is 16.2. The molecule has 4 rings (SSSR count). The predicted octanol–water partition coefficient (Wildman–Crippen LogP) is 3.81. The van der Waals surface area contributed by atoms with E-state index in [1.165, 1.54) is 25.1 Å². The number of aryl methyl sites for hydroxylation is 1. The summed E-state index contributed by atoms with van der Waals surface area (Å²) in [7, 11) is 0. The van der Waals surface area contributed by atoms with Crippen molar-refractivity contribution in [3.8, 4) is 0 Å². The molecule has 0 N–H and O–H groups in total. The Morgan fingerprint density at radius 3 is 2.50 bits per heavy atom. The second-order valence-corrected chi connectivity index (χ2v) is 8.38. The van der Waals surface area contributed by atoms with E-state index < -0.39 is 0 Å². The minimum atomic E-state index is 0.104. The minimum Gasteiger partial charge on any atom is -0.337 e. The van der Waals surface area contributed by atoms with Crippen LogP contribution in [0, 0.1) is 18.8 Å². The van der Waals surface area contributed by atoms with Crippen molar-refractivity contribution in [2.75, 3.05) is 32.7 Å². The maximum Gasteiger partial charge on any atom is 0.272 e. The average Bonchev–Trinajstić information content (AvgIpc) is 3.22. The third-order valence-corrected chi connectivity index (χ3v) is 6.57. The molecule has 0 saturated carbocycles. The number of carbonyl (C=O) groups excluding carboxylic acids is 1. The van der Waals surface area contributed by atoms with E-state index in [2.05, 4.69) is 40.2 Å². The van der Waals surface area contributed by atoms with Crippen LogP contribution in [0.5, 0.6) is 0 Å². The van der Waals surface area contributed by atoms with Gasteiger partial charge in [-0.2, -0.15) is 0 Å². The maximum absolute atomic E-state index is 12.8. The van der Waals surface area contributed by atoms with Crippen LogP contribution >= 0.6 is 0 Å². The van der Waals surface area contributed by atoms with Crippen LogP contribution in [0.3, 0.4) is 0 Å². The number of piperidine rings is 1. The third kappa shape index (κ3) is 4.44. The molecule has 4 heteroatoms. The van der Waals surface area contributed by atoms with Crippen molar-refractivity contribution >= 4 is 5.91 Å². The first kappa shape index (κ1) is 19.1. The summed E-state index contributed by atoms with van der Waals surface area (Å²) in [4.78, 5) is 21.7. The molecule has 0 spiro atoms. The Morgan fingerprint density at radius 2 is 1.75 bits per heavy atom. The van der Waals surface area contributed by atoms with Gasteiger partial charge in [-0.05, 0) is 68.2 Å². The number of amides is 1. The molecular formula is C24H31N3O. The summed E-state index contributed by atoms with van der Waals surface area (Å²) in [6, 6.07) is 14.7. The van der Waals surface area contributed by atoms with E-state index in [0.717, 1.165) is 56.3 Å². The fourth-order valence-electron chi connectivity index (χ4n) is 4.82. The van der Waals surface area contributed by atoms with Crippen LogP contribution < -0.4 is 0 Å². The molecule has 0 aliphatic carbocycles. The lowest BCUT2D eigenvalue weighted by atomic mass is 9.83. The lowest BCUT2D eigenvalue weighted by Gasteiger charge is -2.35. The number of likely N-dealkylation sites (tertiary alicyclic amines) is 2. The van der Waals surface area contributed by atoms with Gasteiger partial charge in [0.25, 0.3) is 5.91 Å². The lowest BCUT2D eigenvalue weighted by Crippen LogP contribution is -2.41. The number of pyridine rings is 1. The highest BCUT2D eigenvalue weighted by Crippen LogP contribution is 2.32. The molecule has 1 atom stereocenters. The van der Waals surface area contributed by atoms with Crippen molar-refractivity contribution in [3.63, 3.8) is 0 Å². The molecule has 28 heavy (non-hydrogen) atoms. The molecule has 2 saturated heterocycles. The summed E-state index contributed by atoms with van der Waals surface area (Å²) in [6.45, 7) is 7.33. The number of hydrogen-bond donors (Lipinski definition) is 0. The van der Waals surface area contributed by atoms with Crippen LogP contribution in [-0.4, -0.2) is 53.4 Å². The summed E-state index contributed by atoms with van der Waals surface area (Å²) in [5, 5.41) is 0. The van der Waals surface area contributed by atoms with Gasteiger partial charge >= 0.3 is 0 Å². The summed E-state index contributed by atoms with van der Waals surface area (Å²) in [5.74, 6) is 1.66. The quantitative estimate of drug-likeness (QED) is 0.795. The standard InChI is InChI=1S/C24H31N3O/c1-19-6-5-13-25-23(19)24(28)27-16-11-21(12-17-27)22-10-15-26(18-22)14-9-20-7-3-2-4-8-20/h2-8,13,21-22H,9-12,14-18H2,1H3/t22-/m1/s1. The summed E-state index contributed by atoms with van der Waals surface area (Å²) in [5.41, 5.74) is 3.02. The lowest BCUT2D eigenvalue weighted by molar-refractivity contribution is 0.0652. The van der Waals surface area contributed by atoms with Gasteiger partial charge < -0.3 is 9.80 Å². The molecule has 2 aliphatic heterocycles. The van der Waals surface area contributed by atoms with E-state index in [0.29, 0.717) is 5.69 Å². The van der Waals surface area contributed by atoms with Gasteiger partial charge in [-0.3, -0.25) is 9.78 Å². The second kappa shape index (κ2) is 8.87. The first-order valence-electron chi connectivity index (χ1n) is 10.7. The Balaban J connectivity index is 1.24. The Labute approximate surface area is 168 Å². The number of nitrogens with zero attached hydrogens (tertiary/aromatic N) is 3. The number of benzene rings is 1. The number of rotatable bonds is 5. The van der Waals surface area contributed by atoms with Gasteiger partial charge in [0.1, 0.15) is 5.69 Å². The molecule has 1 aromatic carbocycles. The highest BCUT2D eigenvalue weighted by molar-refractivity contribution is 5.93. The number of carbonyl (C=O) groups is 1. The average molecular weight is 378 g/mol. The molecule has 0 radical (unpaired) electrons. The van der Waals surface area contributed by atoms with Crippen LogP contribution in [0.2, 0.25) is 0 Å². The zero-order chi connectivity index (χ0) is 19.3. The highest BCUT2D eigenvalue weighted by Gasteiger charge is 2.33. The van der Waals surface area contributed by atoms with Gasteiger partial charge in [-0.1, -0.05) is 36.4 Å². The molecule has 1 aromatic heterocycles. The molecule has 2 aliphatic rings.